The van der Waals surface area contributed by atoms with E-state index in [1.807, 2.05) is 60.2 Å². The molecule has 2 N–H and O–H groups in total. The van der Waals surface area contributed by atoms with E-state index in [0.717, 1.165) is 22.6 Å². The molecule has 136 valence electrons. The summed E-state index contributed by atoms with van der Waals surface area (Å²) in [5.74, 6) is 0.660. The minimum atomic E-state index is -0.295. The van der Waals surface area contributed by atoms with Gasteiger partial charge in [-0.05, 0) is 30.2 Å². The Kier molecular flexibility index (Phi) is 4.46. The maximum absolute atomic E-state index is 12.6. The highest BCUT2D eigenvalue weighted by molar-refractivity contribution is 6.00. The monoisotopic (exact) mass is 360 g/mol. The van der Waals surface area contributed by atoms with E-state index >= 15 is 0 Å². The molecule has 2 heterocycles. The number of benzene rings is 2. The summed E-state index contributed by atoms with van der Waals surface area (Å²) in [6.07, 6.45) is 3.87. The summed E-state index contributed by atoms with van der Waals surface area (Å²) in [5.41, 5.74) is 3.29. The van der Waals surface area contributed by atoms with Crippen molar-refractivity contribution in [3.05, 3.63) is 83.4 Å². The molecule has 0 radical (unpaired) electrons. The lowest BCUT2D eigenvalue weighted by Crippen LogP contribution is -2.24. The second-order valence-electron chi connectivity index (χ2n) is 6.63. The quantitative estimate of drug-likeness (QED) is 0.734. The first kappa shape index (κ1) is 17.0. The van der Waals surface area contributed by atoms with E-state index in [1.54, 1.807) is 12.3 Å². The maximum Gasteiger partial charge on any atom is 0.252 e. The van der Waals surface area contributed by atoms with E-state index in [4.69, 9.17) is 0 Å². The third kappa shape index (κ3) is 3.46. The summed E-state index contributed by atoms with van der Waals surface area (Å²) in [6.45, 7) is 2.58. The molecule has 27 heavy (non-hydrogen) atoms. The molecule has 1 aromatic heterocycles. The number of amides is 2. The number of aromatic nitrogens is 2. The summed E-state index contributed by atoms with van der Waals surface area (Å²) in [6, 6.07) is 14.8. The number of anilines is 1. The second-order valence-corrected chi connectivity index (χ2v) is 6.63. The number of fused-ring (bicyclic) bond motifs is 1. The lowest BCUT2D eigenvalue weighted by molar-refractivity contribution is -0.116. The maximum atomic E-state index is 12.6. The molecular weight excluding hydrogens is 340 g/mol. The fourth-order valence-electron chi connectivity index (χ4n) is 3.40. The molecule has 0 saturated heterocycles. The third-order valence-corrected chi connectivity index (χ3v) is 4.83. The number of nitrogens with zero attached hydrogens (tertiary/aromatic N) is 2. The number of hydrogen-bond donors (Lipinski definition) is 2. The van der Waals surface area contributed by atoms with Crippen molar-refractivity contribution in [1.29, 1.82) is 0 Å². The Labute approximate surface area is 157 Å². The van der Waals surface area contributed by atoms with Crippen LogP contribution >= 0.6 is 0 Å². The van der Waals surface area contributed by atoms with Gasteiger partial charge in [-0.3, -0.25) is 9.59 Å². The predicted octanol–water partition coefficient (Wildman–Crippen LogP) is 3.05. The molecular formula is C21H20N4O2. The second kappa shape index (κ2) is 7.07. The van der Waals surface area contributed by atoms with Crippen molar-refractivity contribution >= 4 is 17.5 Å². The number of nitrogens with one attached hydrogen (secondary N) is 2. The molecule has 0 spiro atoms. The van der Waals surface area contributed by atoms with Gasteiger partial charge in [-0.15, -0.1) is 0 Å². The highest BCUT2D eigenvalue weighted by Crippen LogP contribution is 2.28. The zero-order chi connectivity index (χ0) is 18.8. The van der Waals surface area contributed by atoms with Gasteiger partial charge in [-0.25, -0.2) is 4.98 Å². The average molecular weight is 360 g/mol. The normalized spacial score (nSPS) is 15.3. The van der Waals surface area contributed by atoms with E-state index in [9.17, 15) is 9.59 Å². The van der Waals surface area contributed by atoms with Crippen molar-refractivity contribution in [2.24, 2.45) is 0 Å². The van der Waals surface area contributed by atoms with Crippen LogP contribution in [0, 0.1) is 6.92 Å². The topological polar surface area (TPSA) is 76.0 Å². The van der Waals surface area contributed by atoms with Crippen LogP contribution in [0.4, 0.5) is 5.69 Å². The zero-order valence-electron chi connectivity index (χ0n) is 15.0. The van der Waals surface area contributed by atoms with Crippen molar-refractivity contribution < 1.29 is 9.59 Å². The van der Waals surface area contributed by atoms with E-state index in [1.165, 1.54) is 0 Å². The van der Waals surface area contributed by atoms with Crippen LogP contribution in [0.5, 0.6) is 0 Å². The number of hydrogen-bond acceptors (Lipinski definition) is 3. The molecule has 6 heteroatoms. The molecule has 3 aromatic rings. The third-order valence-electron chi connectivity index (χ3n) is 4.83. The van der Waals surface area contributed by atoms with Gasteiger partial charge >= 0.3 is 0 Å². The van der Waals surface area contributed by atoms with Gasteiger partial charge in [-0.2, -0.15) is 0 Å². The van der Waals surface area contributed by atoms with Crippen molar-refractivity contribution in [3.63, 3.8) is 0 Å². The van der Waals surface area contributed by atoms with Crippen molar-refractivity contribution in [2.75, 3.05) is 5.32 Å². The van der Waals surface area contributed by atoms with Crippen LogP contribution in [0.15, 0.2) is 60.9 Å². The van der Waals surface area contributed by atoms with Gasteiger partial charge < -0.3 is 15.2 Å². The molecule has 4 rings (SSSR count). The lowest BCUT2D eigenvalue weighted by Gasteiger charge is -2.15. The van der Waals surface area contributed by atoms with Gasteiger partial charge in [0, 0.05) is 23.6 Å². The smallest absolute Gasteiger partial charge is 0.252 e. The van der Waals surface area contributed by atoms with Crippen LogP contribution in [0.2, 0.25) is 0 Å². The van der Waals surface area contributed by atoms with Gasteiger partial charge in [0.1, 0.15) is 5.82 Å². The molecule has 6 nitrogen and oxygen atoms in total. The first-order chi connectivity index (χ1) is 13.1. The first-order valence-corrected chi connectivity index (χ1v) is 8.87. The zero-order valence-corrected chi connectivity index (χ0v) is 15.0. The van der Waals surface area contributed by atoms with E-state index in [2.05, 4.69) is 15.6 Å². The van der Waals surface area contributed by atoms with Gasteiger partial charge in [0.2, 0.25) is 5.91 Å². The summed E-state index contributed by atoms with van der Waals surface area (Å²) in [5, 5.41) is 5.87. The Morgan fingerprint density at radius 3 is 2.78 bits per heavy atom. The Morgan fingerprint density at radius 1 is 1.19 bits per heavy atom. The van der Waals surface area contributed by atoms with E-state index in [0.29, 0.717) is 12.1 Å². The first-order valence-electron chi connectivity index (χ1n) is 8.87. The highest BCUT2D eigenvalue weighted by Gasteiger charge is 2.29. The molecule has 1 aliphatic heterocycles. The van der Waals surface area contributed by atoms with Crippen LogP contribution in [0.1, 0.15) is 39.8 Å². The molecule has 2 amide bonds. The predicted molar refractivity (Wildman–Crippen MR) is 102 cm³/mol. The largest absolute Gasteiger partial charge is 0.345 e. The van der Waals surface area contributed by atoms with Gasteiger partial charge in [0.25, 0.3) is 5.91 Å². The summed E-state index contributed by atoms with van der Waals surface area (Å²) in [7, 11) is 0. The van der Waals surface area contributed by atoms with Crippen molar-refractivity contribution in [3.8, 4) is 0 Å². The fourth-order valence-corrected chi connectivity index (χ4v) is 3.40. The molecule has 1 atom stereocenters. The van der Waals surface area contributed by atoms with E-state index < -0.39 is 0 Å². The summed E-state index contributed by atoms with van der Waals surface area (Å²) in [4.78, 5) is 28.9. The Bertz CT molecular complexity index is 1010. The molecule has 1 aliphatic rings. The molecule has 0 bridgehead atoms. The lowest BCUT2D eigenvalue weighted by atomic mass is 10.0. The van der Waals surface area contributed by atoms with Crippen LogP contribution in [-0.2, 0) is 11.3 Å². The van der Waals surface area contributed by atoms with Gasteiger partial charge in [0.05, 0.1) is 19.0 Å². The van der Waals surface area contributed by atoms with Gasteiger partial charge in [-0.1, -0.05) is 36.4 Å². The van der Waals surface area contributed by atoms with Crippen LogP contribution in [-0.4, -0.2) is 21.4 Å². The molecule has 0 fully saturated rings. The Balaban J connectivity index is 1.48. The summed E-state index contributed by atoms with van der Waals surface area (Å²) < 4.78 is 2.03. The number of carbonyl (C=O) groups is 2. The van der Waals surface area contributed by atoms with E-state index in [-0.39, 0.29) is 24.3 Å². The average Bonchev–Trinajstić information content (AvgIpc) is 3.20. The molecule has 0 saturated carbocycles. The van der Waals surface area contributed by atoms with Crippen LogP contribution in [0.25, 0.3) is 0 Å². The summed E-state index contributed by atoms with van der Waals surface area (Å²) >= 11 is 0. The minimum Gasteiger partial charge on any atom is -0.345 e. The molecule has 2 aromatic carbocycles. The number of imidazole rings is 1. The Hall–Kier alpha value is -3.41. The van der Waals surface area contributed by atoms with Gasteiger partial charge in [0.15, 0.2) is 0 Å². The van der Waals surface area contributed by atoms with Crippen LogP contribution in [0.3, 0.4) is 0 Å². The van der Waals surface area contributed by atoms with Crippen LogP contribution < -0.4 is 10.6 Å². The van der Waals surface area contributed by atoms with Crippen molar-refractivity contribution in [1.82, 2.24) is 14.9 Å². The minimum absolute atomic E-state index is 0.126. The van der Waals surface area contributed by atoms with Crippen molar-refractivity contribution in [2.45, 2.75) is 25.9 Å². The number of rotatable bonds is 5. The fraction of sp³-hybridized carbons (Fsp3) is 0.190. The standard InChI is InChI=1S/C21H20N4O2/c1-14-22-10-11-25(14)13-15-6-2-5-9-18(15)23-20(26)12-19-16-7-3-4-8-17(16)21(27)24-19/h2-11,19H,12-13H2,1H3,(H,23,26)(H,24,27). The Morgan fingerprint density at radius 2 is 1.96 bits per heavy atom. The highest BCUT2D eigenvalue weighted by atomic mass is 16.2. The molecule has 1 unspecified atom stereocenters. The number of aryl methyl sites for hydroxylation is 1. The SMILES string of the molecule is Cc1nccn1Cc1ccccc1NC(=O)CC1NC(=O)c2ccccc21. The number of carbonyl (C=O) groups excluding carboxylic acids is 2. The number of para-hydroxylation sites is 1. The molecule has 0 aliphatic carbocycles.